The van der Waals surface area contributed by atoms with Crippen LogP contribution in [0.1, 0.15) is 20.8 Å². The summed E-state index contributed by atoms with van der Waals surface area (Å²) < 4.78 is 0. The summed E-state index contributed by atoms with van der Waals surface area (Å²) in [5, 5.41) is 28.2. The normalized spacial score (nSPS) is 9.00. The van der Waals surface area contributed by atoms with Gasteiger partial charge in [0.05, 0.1) is 17.9 Å². The summed E-state index contributed by atoms with van der Waals surface area (Å²) >= 11 is 0. The Morgan fingerprint density at radius 3 is 0.789 bits per heavy atom. The van der Waals surface area contributed by atoms with Crippen molar-refractivity contribution in [3.63, 3.8) is 0 Å². The molecule has 0 rings (SSSR count). The van der Waals surface area contributed by atoms with Crippen molar-refractivity contribution in [3.8, 4) is 0 Å². The van der Waals surface area contributed by atoms with Gasteiger partial charge in [0, 0.05) is 0 Å². The number of rotatable bonds is 3. The van der Waals surface area contributed by atoms with Gasteiger partial charge in [0.15, 0.2) is 0 Å². The third-order valence-electron chi connectivity index (χ3n) is 0.908. The van der Waals surface area contributed by atoms with Crippen LogP contribution in [0.3, 0.4) is 0 Å². The molecule has 0 amide bonds. The molecule has 0 spiro atoms. The summed E-state index contributed by atoms with van der Waals surface area (Å²) in [4.78, 5) is 28.2. The van der Waals surface area contributed by atoms with Crippen LogP contribution >= 0.6 is 0 Å². The maximum Gasteiger partial charge on any atom is 3.00 e. The average Bonchev–Trinajstić information content (AvgIpc) is 2.18. The fourth-order valence-electron chi connectivity index (χ4n) is 0.408. The van der Waals surface area contributed by atoms with E-state index in [-0.39, 0.29) is 41.7 Å². The number of carboxylic acids is 3. The van der Waals surface area contributed by atoms with Gasteiger partial charge in [-0.3, -0.25) is 0 Å². The van der Waals surface area contributed by atoms with Crippen LogP contribution in [0, 0.1) is 41.7 Å². The standard InChI is InChI=1S/3C4H6O2.Ce/c3*1-2-3-4(5)6;/h3*2-3H,1H3,(H,5,6);/q;;;+3/p-3/b3*3-2+;. The molecular formula is C12H15CeO6. The summed E-state index contributed by atoms with van der Waals surface area (Å²) in [6.07, 6.45) is 7.15. The van der Waals surface area contributed by atoms with Gasteiger partial charge in [-0.2, -0.15) is 0 Å². The molecule has 0 aliphatic rings. The van der Waals surface area contributed by atoms with E-state index in [1.807, 2.05) is 0 Å². The average molecular weight is 395 g/mol. The molecular weight excluding hydrogens is 380 g/mol. The Morgan fingerprint density at radius 2 is 0.789 bits per heavy atom. The molecule has 7 heteroatoms. The molecule has 0 saturated heterocycles. The summed E-state index contributed by atoms with van der Waals surface area (Å²) in [5.74, 6) is -3.42. The van der Waals surface area contributed by atoms with Crippen molar-refractivity contribution in [1.29, 1.82) is 0 Å². The molecule has 0 unspecified atom stereocenters. The number of aliphatic carboxylic acids is 3. The van der Waals surface area contributed by atoms with Gasteiger partial charge < -0.3 is 29.7 Å². The fourth-order valence-corrected chi connectivity index (χ4v) is 0.408. The van der Waals surface area contributed by atoms with E-state index in [0.29, 0.717) is 0 Å². The van der Waals surface area contributed by atoms with Crippen molar-refractivity contribution in [2.75, 3.05) is 0 Å². The molecule has 0 aromatic rings. The first kappa shape index (κ1) is 26.5. The van der Waals surface area contributed by atoms with Gasteiger partial charge in [-0.1, -0.05) is 18.2 Å². The van der Waals surface area contributed by atoms with E-state index in [1.165, 1.54) is 18.2 Å². The first-order valence-corrected chi connectivity index (χ1v) is 4.82. The molecule has 0 aliphatic heterocycles. The largest absolute Gasteiger partial charge is 3.00 e. The van der Waals surface area contributed by atoms with E-state index in [9.17, 15) is 29.7 Å². The number of hydrogen-bond donors (Lipinski definition) is 0. The van der Waals surface area contributed by atoms with Crippen molar-refractivity contribution in [3.05, 3.63) is 36.5 Å². The van der Waals surface area contributed by atoms with Gasteiger partial charge in [0.2, 0.25) is 0 Å². The van der Waals surface area contributed by atoms with E-state index >= 15 is 0 Å². The molecule has 0 heterocycles. The molecule has 0 aliphatic carbocycles. The molecule has 0 fully saturated rings. The van der Waals surface area contributed by atoms with Crippen LogP contribution in [-0.4, -0.2) is 17.9 Å². The van der Waals surface area contributed by atoms with Crippen LogP contribution in [0.2, 0.25) is 0 Å². The van der Waals surface area contributed by atoms with Crippen molar-refractivity contribution >= 4 is 17.9 Å². The van der Waals surface area contributed by atoms with E-state index in [0.717, 1.165) is 18.2 Å². The second-order valence-corrected chi connectivity index (χ2v) is 2.46. The molecule has 0 atom stereocenters. The van der Waals surface area contributed by atoms with Crippen LogP contribution in [0.4, 0.5) is 0 Å². The summed E-state index contributed by atoms with van der Waals surface area (Å²) in [6, 6.07) is 0. The zero-order valence-corrected chi connectivity index (χ0v) is 14.1. The Hall–Kier alpha value is -0.993. The number of carbonyl (C=O) groups excluding carboxylic acids is 3. The summed E-state index contributed by atoms with van der Waals surface area (Å²) in [5.41, 5.74) is 0. The minimum atomic E-state index is -1.14. The van der Waals surface area contributed by atoms with Gasteiger partial charge in [-0.15, -0.1) is 0 Å². The quantitative estimate of drug-likeness (QED) is 0.507. The fraction of sp³-hybridized carbons (Fsp3) is 0.250. The molecule has 103 valence electrons. The molecule has 19 heavy (non-hydrogen) atoms. The smallest absolute Gasteiger partial charge is 0.545 e. The van der Waals surface area contributed by atoms with Crippen molar-refractivity contribution in [1.82, 2.24) is 0 Å². The molecule has 1 radical (unpaired) electrons. The molecule has 6 nitrogen and oxygen atoms in total. The van der Waals surface area contributed by atoms with E-state index in [2.05, 4.69) is 0 Å². The topological polar surface area (TPSA) is 120 Å². The maximum atomic E-state index is 9.40. The number of carbonyl (C=O) groups is 3. The van der Waals surface area contributed by atoms with E-state index < -0.39 is 17.9 Å². The second-order valence-electron chi connectivity index (χ2n) is 2.46. The van der Waals surface area contributed by atoms with Crippen LogP contribution < -0.4 is 15.3 Å². The minimum Gasteiger partial charge on any atom is -0.545 e. The van der Waals surface area contributed by atoms with Crippen molar-refractivity contribution in [2.45, 2.75) is 20.8 Å². The first-order chi connectivity index (χ1) is 8.31. The van der Waals surface area contributed by atoms with Gasteiger partial charge in [0.1, 0.15) is 0 Å². The number of carboxylic acid groups (broad SMARTS) is 3. The van der Waals surface area contributed by atoms with Gasteiger partial charge in [-0.05, 0) is 39.0 Å². The number of allylic oxidation sites excluding steroid dienone is 3. The predicted molar refractivity (Wildman–Crippen MR) is 59.5 cm³/mol. The third kappa shape index (κ3) is 59.7. The van der Waals surface area contributed by atoms with Crippen LogP contribution in [0.5, 0.6) is 0 Å². The Labute approximate surface area is 145 Å². The summed E-state index contributed by atoms with van der Waals surface area (Å²) in [7, 11) is 0. The molecule has 0 N–H and O–H groups in total. The van der Waals surface area contributed by atoms with Crippen LogP contribution in [0.25, 0.3) is 0 Å². The van der Waals surface area contributed by atoms with E-state index in [1.54, 1.807) is 20.8 Å². The van der Waals surface area contributed by atoms with Gasteiger partial charge >= 0.3 is 41.7 Å². The minimum absolute atomic E-state index is 0. The molecule has 0 aromatic heterocycles. The van der Waals surface area contributed by atoms with Gasteiger partial charge in [-0.25, -0.2) is 0 Å². The maximum absolute atomic E-state index is 9.40. The third-order valence-corrected chi connectivity index (χ3v) is 0.908. The Morgan fingerprint density at radius 1 is 0.632 bits per heavy atom. The Kier molecular flexibility index (Phi) is 31.0. The monoisotopic (exact) mass is 395 g/mol. The second kappa shape index (κ2) is 22.2. The van der Waals surface area contributed by atoms with Crippen LogP contribution in [0.15, 0.2) is 36.5 Å². The SMILES string of the molecule is C/C=C/C(=O)[O-].C/C=C/C(=O)[O-].C/C=C/C(=O)[O-].[Ce+3]. The zero-order chi connectivity index (χ0) is 15.0. The first-order valence-electron chi connectivity index (χ1n) is 4.82. The Bertz CT molecular complexity index is 279. The zero-order valence-electron chi connectivity index (χ0n) is 10.9. The van der Waals surface area contributed by atoms with Crippen LogP contribution in [-0.2, 0) is 14.4 Å². The molecule has 0 aromatic carbocycles. The van der Waals surface area contributed by atoms with E-state index in [4.69, 9.17) is 0 Å². The summed E-state index contributed by atoms with van der Waals surface area (Å²) in [6.45, 7) is 4.86. The van der Waals surface area contributed by atoms with Crippen molar-refractivity contribution in [2.24, 2.45) is 0 Å². The Balaban J connectivity index is -0.0000000865. The predicted octanol–water partition coefficient (Wildman–Crippen LogP) is -2.06. The molecule has 0 saturated carbocycles. The van der Waals surface area contributed by atoms with Crippen molar-refractivity contribution < 1.29 is 71.5 Å². The van der Waals surface area contributed by atoms with Gasteiger partial charge in [0.25, 0.3) is 0 Å². The number of hydrogen-bond acceptors (Lipinski definition) is 6. The molecule has 0 bridgehead atoms.